The van der Waals surface area contributed by atoms with Crippen LogP contribution in [0.4, 0.5) is 4.39 Å². The summed E-state index contributed by atoms with van der Waals surface area (Å²) in [5.74, 6) is -0.212. The first kappa shape index (κ1) is 13.2. The zero-order valence-electron chi connectivity index (χ0n) is 10.4. The van der Waals surface area contributed by atoms with E-state index in [0.29, 0.717) is 12.2 Å². The van der Waals surface area contributed by atoms with Gasteiger partial charge in [0, 0.05) is 18.3 Å². The van der Waals surface area contributed by atoms with Crippen LogP contribution in [0.5, 0.6) is 0 Å². The number of nitrogens with zero attached hydrogens (tertiary/aromatic N) is 2. The summed E-state index contributed by atoms with van der Waals surface area (Å²) in [6.45, 7) is 1.31. The van der Waals surface area contributed by atoms with Gasteiger partial charge in [-0.2, -0.15) is 5.26 Å². The van der Waals surface area contributed by atoms with E-state index in [1.807, 2.05) is 18.2 Å². The number of rotatable bonds is 5. The van der Waals surface area contributed by atoms with Crippen LogP contribution in [0.15, 0.2) is 42.6 Å². The first-order chi connectivity index (χ1) is 9.29. The maximum atomic E-state index is 13.0. The maximum absolute atomic E-state index is 13.0. The molecule has 0 aliphatic rings. The van der Waals surface area contributed by atoms with Crippen molar-refractivity contribution in [1.29, 1.82) is 5.26 Å². The van der Waals surface area contributed by atoms with E-state index in [4.69, 9.17) is 5.26 Å². The Morgan fingerprint density at radius 1 is 1.26 bits per heavy atom. The highest BCUT2D eigenvalue weighted by molar-refractivity contribution is 5.30. The molecule has 96 valence electrons. The lowest BCUT2D eigenvalue weighted by atomic mass is 10.1. The summed E-state index contributed by atoms with van der Waals surface area (Å²) >= 11 is 0. The van der Waals surface area contributed by atoms with Crippen LogP contribution in [0.3, 0.4) is 0 Å². The van der Waals surface area contributed by atoms with Gasteiger partial charge in [-0.05, 0) is 36.7 Å². The molecule has 1 heterocycles. The molecule has 1 aromatic carbocycles. The molecule has 0 unspecified atom stereocenters. The van der Waals surface area contributed by atoms with Crippen LogP contribution in [0.25, 0.3) is 0 Å². The minimum absolute atomic E-state index is 0.212. The predicted octanol–water partition coefficient (Wildman–Crippen LogP) is 2.42. The topological polar surface area (TPSA) is 48.7 Å². The number of benzene rings is 1. The Kier molecular flexibility index (Phi) is 4.60. The number of aromatic nitrogens is 1. The van der Waals surface area contributed by atoms with Gasteiger partial charge in [-0.25, -0.2) is 9.37 Å². The van der Waals surface area contributed by atoms with Crippen molar-refractivity contribution in [3.05, 3.63) is 65.2 Å². The van der Waals surface area contributed by atoms with Crippen LogP contribution < -0.4 is 5.32 Å². The lowest BCUT2D eigenvalue weighted by Gasteiger charge is -2.06. The molecule has 19 heavy (non-hydrogen) atoms. The summed E-state index contributed by atoms with van der Waals surface area (Å²) in [6.07, 6.45) is 2.36. The van der Waals surface area contributed by atoms with Crippen LogP contribution in [0.2, 0.25) is 0 Å². The fourth-order valence-corrected chi connectivity index (χ4v) is 1.83. The Morgan fingerprint density at radius 2 is 2.16 bits per heavy atom. The van der Waals surface area contributed by atoms with Gasteiger partial charge >= 0.3 is 0 Å². The van der Waals surface area contributed by atoms with Crippen LogP contribution in [-0.4, -0.2) is 11.5 Å². The van der Waals surface area contributed by atoms with Crippen molar-refractivity contribution in [2.75, 3.05) is 6.54 Å². The summed E-state index contributed by atoms with van der Waals surface area (Å²) in [6, 6.07) is 12.3. The van der Waals surface area contributed by atoms with Crippen molar-refractivity contribution in [3.8, 4) is 6.07 Å². The summed E-state index contributed by atoms with van der Waals surface area (Å²) < 4.78 is 13.0. The van der Waals surface area contributed by atoms with E-state index in [9.17, 15) is 4.39 Å². The SMILES string of the molecule is N#Cc1ncccc1CNCCc1cccc(F)c1. The van der Waals surface area contributed by atoms with Crippen molar-refractivity contribution in [1.82, 2.24) is 10.3 Å². The molecule has 0 radical (unpaired) electrons. The fourth-order valence-electron chi connectivity index (χ4n) is 1.83. The zero-order chi connectivity index (χ0) is 13.5. The van der Waals surface area contributed by atoms with Gasteiger partial charge in [0.2, 0.25) is 0 Å². The number of pyridine rings is 1. The highest BCUT2D eigenvalue weighted by Crippen LogP contribution is 2.05. The minimum Gasteiger partial charge on any atom is -0.312 e. The van der Waals surface area contributed by atoms with E-state index in [2.05, 4.69) is 16.4 Å². The van der Waals surface area contributed by atoms with Gasteiger partial charge < -0.3 is 5.32 Å². The van der Waals surface area contributed by atoms with Crippen LogP contribution >= 0.6 is 0 Å². The molecule has 0 fully saturated rings. The highest BCUT2D eigenvalue weighted by atomic mass is 19.1. The molecule has 0 aliphatic carbocycles. The quantitative estimate of drug-likeness (QED) is 0.835. The van der Waals surface area contributed by atoms with Crippen LogP contribution in [0.1, 0.15) is 16.8 Å². The van der Waals surface area contributed by atoms with E-state index in [1.54, 1.807) is 12.3 Å². The van der Waals surface area contributed by atoms with Gasteiger partial charge in [0.05, 0.1) is 0 Å². The molecule has 3 nitrogen and oxygen atoms in total. The second-order valence-electron chi connectivity index (χ2n) is 4.18. The van der Waals surface area contributed by atoms with Crippen LogP contribution in [-0.2, 0) is 13.0 Å². The standard InChI is InChI=1S/C15H14FN3/c16-14-5-1-3-12(9-14)6-8-18-11-13-4-2-7-19-15(13)10-17/h1-5,7,9,18H,6,8,11H2. The average Bonchev–Trinajstić information content (AvgIpc) is 2.44. The van der Waals surface area contributed by atoms with Crippen molar-refractivity contribution in [2.45, 2.75) is 13.0 Å². The molecule has 1 aromatic heterocycles. The number of nitriles is 1. The van der Waals surface area contributed by atoms with E-state index in [-0.39, 0.29) is 5.82 Å². The third-order valence-corrected chi connectivity index (χ3v) is 2.79. The molecule has 0 aliphatic heterocycles. The molecule has 0 bridgehead atoms. The largest absolute Gasteiger partial charge is 0.312 e. The Balaban J connectivity index is 1.83. The van der Waals surface area contributed by atoms with Crippen molar-refractivity contribution >= 4 is 0 Å². The second kappa shape index (κ2) is 6.62. The molecule has 0 saturated heterocycles. The molecule has 4 heteroatoms. The number of hydrogen-bond acceptors (Lipinski definition) is 3. The zero-order valence-corrected chi connectivity index (χ0v) is 10.4. The monoisotopic (exact) mass is 255 g/mol. The average molecular weight is 255 g/mol. The third-order valence-electron chi connectivity index (χ3n) is 2.79. The van der Waals surface area contributed by atoms with Gasteiger partial charge in [-0.3, -0.25) is 0 Å². The second-order valence-corrected chi connectivity index (χ2v) is 4.18. The highest BCUT2D eigenvalue weighted by Gasteiger charge is 2.01. The molecule has 0 spiro atoms. The van der Waals surface area contributed by atoms with E-state index >= 15 is 0 Å². The molecule has 1 N–H and O–H groups in total. The molecule has 0 amide bonds. The summed E-state index contributed by atoms with van der Waals surface area (Å²) in [7, 11) is 0. The molecule has 2 aromatic rings. The van der Waals surface area contributed by atoms with E-state index in [0.717, 1.165) is 24.1 Å². The molecule has 0 saturated carbocycles. The molecule has 0 atom stereocenters. The van der Waals surface area contributed by atoms with Crippen molar-refractivity contribution in [2.24, 2.45) is 0 Å². The Hall–Kier alpha value is -2.25. The Labute approximate surface area is 111 Å². The Bertz CT molecular complexity index is 590. The maximum Gasteiger partial charge on any atom is 0.144 e. The molecule has 2 rings (SSSR count). The summed E-state index contributed by atoms with van der Waals surface area (Å²) in [5, 5.41) is 12.1. The lowest BCUT2D eigenvalue weighted by molar-refractivity contribution is 0.622. The van der Waals surface area contributed by atoms with Crippen molar-refractivity contribution in [3.63, 3.8) is 0 Å². The Morgan fingerprint density at radius 3 is 2.95 bits per heavy atom. The van der Waals surface area contributed by atoms with Gasteiger partial charge in [0.15, 0.2) is 0 Å². The van der Waals surface area contributed by atoms with E-state index in [1.165, 1.54) is 12.1 Å². The van der Waals surface area contributed by atoms with Gasteiger partial charge in [-0.1, -0.05) is 18.2 Å². The van der Waals surface area contributed by atoms with Crippen molar-refractivity contribution < 1.29 is 4.39 Å². The minimum atomic E-state index is -0.212. The summed E-state index contributed by atoms with van der Waals surface area (Å²) in [5.41, 5.74) is 2.28. The number of nitrogens with one attached hydrogen (secondary N) is 1. The third kappa shape index (κ3) is 3.87. The summed E-state index contributed by atoms with van der Waals surface area (Å²) in [4.78, 5) is 3.99. The van der Waals surface area contributed by atoms with Crippen LogP contribution in [0, 0.1) is 17.1 Å². The van der Waals surface area contributed by atoms with Gasteiger partial charge in [-0.15, -0.1) is 0 Å². The van der Waals surface area contributed by atoms with Gasteiger partial charge in [0.25, 0.3) is 0 Å². The van der Waals surface area contributed by atoms with Gasteiger partial charge in [0.1, 0.15) is 17.6 Å². The number of hydrogen-bond donors (Lipinski definition) is 1. The normalized spacial score (nSPS) is 10.1. The number of halogens is 1. The first-order valence-corrected chi connectivity index (χ1v) is 6.09. The smallest absolute Gasteiger partial charge is 0.144 e. The molecular formula is C15H14FN3. The predicted molar refractivity (Wildman–Crippen MR) is 70.8 cm³/mol. The molecular weight excluding hydrogens is 241 g/mol. The van der Waals surface area contributed by atoms with E-state index < -0.39 is 0 Å². The lowest BCUT2D eigenvalue weighted by Crippen LogP contribution is -2.17. The fraction of sp³-hybridized carbons (Fsp3) is 0.200. The first-order valence-electron chi connectivity index (χ1n) is 6.09.